The molecule has 2 aromatic rings. The second kappa shape index (κ2) is 6.73. The summed E-state index contributed by atoms with van der Waals surface area (Å²) in [6, 6.07) is 5.01. The predicted molar refractivity (Wildman–Crippen MR) is 88.3 cm³/mol. The monoisotopic (exact) mass is 362 g/mol. The average molecular weight is 362 g/mol. The minimum absolute atomic E-state index is 0.0791. The first-order chi connectivity index (χ1) is 12.3. The van der Waals surface area contributed by atoms with Crippen LogP contribution in [-0.2, 0) is 14.3 Å². The predicted octanol–water partition coefficient (Wildman–Crippen LogP) is -0.157. The molecule has 0 saturated carbocycles. The first kappa shape index (κ1) is 17.8. The molecule has 0 spiro atoms. The number of hydrogen-bond acceptors (Lipinski definition) is 7. The number of ether oxygens (including phenoxy) is 2. The summed E-state index contributed by atoms with van der Waals surface area (Å²) >= 11 is 0. The molecule has 0 aromatic carbocycles. The topological polar surface area (TPSA) is 127 Å². The number of hydrogen-bond donors (Lipinski definition) is 2. The number of carbonyl (C=O) groups excluding carboxylic acids is 1. The standard InChI is InChI=1S/C16H18N4O6/c1-16(24,15(22)23)13-14(21)19(7-8-26-13)11-4-6-20(18-11)10-3-5-17-12(9-10)25-2/h3-6,9,13,24H,7-8H2,1-2H3,(H,22,23)/t13-,16+/m0/s1. The number of aromatic nitrogens is 3. The molecule has 3 heterocycles. The number of carboxylic acid groups (broad SMARTS) is 1. The van der Waals surface area contributed by atoms with E-state index < -0.39 is 23.6 Å². The molecule has 1 aliphatic rings. The van der Waals surface area contributed by atoms with E-state index in [0.29, 0.717) is 17.4 Å². The summed E-state index contributed by atoms with van der Waals surface area (Å²) in [7, 11) is 1.50. The number of aliphatic carboxylic acids is 1. The molecule has 10 nitrogen and oxygen atoms in total. The molecular weight excluding hydrogens is 344 g/mol. The van der Waals surface area contributed by atoms with Crippen molar-refractivity contribution in [1.82, 2.24) is 14.8 Å². The van der Waals surface area contributed by atoms with E-state index in [2.05, 4.69) is 10.1 Å². The van der Waals surface area contributed by atoms with Crippen molar-refractivity contribution in [2.75, 3.05) is 25.2 Å². The molecule has 2 aromatic heterocycles. The van der Waals surface area contributed by atoms with E-state index in [1.54, 1.807) is 30.6 Å². The van der Waals surface area contributed by atoms with Gasteiger partial charge in [-0.15, -0.1) is 5.10 Å². The van der Waals surface area contributed by atoms with Crippen LogP contribution in [0.1, 0.15) is 6.92 Å². The number of aliphatic hydroxyl groups is 1. The quantitative estimate of drug-likeness (QED) is 0.751. The van der Waals surface area contributed by atoms with Gasteiger partial charge in [0, 0.05) is 24.5 Å². The Labute approximate surface area is 148 Å². The number of carbonyl (C=O) groups is 2. The van der Waals surface area contributed by atoms with Crippen LogP contribution in [0, 0.1) is 0 Å². The van der Waals surface area contributed by atoms with E-state index in [9.17, 15) is 14.7 Å². The van der Waals surface area contributed by atoms with Crippen molar-refractivity contribution in [1.29, 1.82) is 0 Å². The number of methoxy groups -OCH3 is 1. The van der Waals surface area contributed by atoms with Crippen molar-refractivity contribution in [2.45, 2.75) is 18.6 Å². The smallest absolute Gasteiger partial charge is 0.338 e. The van der Waals surface area contributed by atoms with Gasteiger partial charge in [0.05, 0.1) is 25.9 Å². The van der Waals surface area contributed by atoms with Gasteiger partial charge in [0.15, 0.2) is 17.5 Å². The Bertz CT molecular complexity index is 834. The van der Waals surface area contributed by atoms with Gasteiger partial charge in [-0.1, -0.05) is 0 Å². The summed E-state index contributed by atoms with van der Waals surface area (Å²) < 4.78 is 11.8. The molecule has 2 atom stereocenters. The lowest BCUT2D eigenvalue weighted by molar-refractivity contribution is -0.180. The molecule has 138 valence electrons. The van der Waals surface area contributed by atoms with Crippen LogP contribution >= 0.6 is 0 Å². The zero-order valence-electron chi connectivity index (χ0n) is 14.2. The molecule has 1 fully saturated rings. The van der Waals surface area contributed by atoms with Gasteiger partial charge in [-0.2, -0.15) is 0 Å². The van der Waals surface area contributed by atoms with E-state index in [4.69, 9.17) is 14.6 Å². The van der Waals surface area contributed by atoms with Gasteiger partial charge in [0.1, 0.15) is 0 Å². The molecule has 0 aliphatic carbocycles. The van der Waals surface area contributed by atoms with Gasteiger partial charge in [-0.3, -0.25) is 9.69 Å². The largest absolute Gasteiger partial charge is 0.481 e. The van der Waals surface area contributed by atoms with Crippen molar-refractivity contribution in [3.05, 3.63) is 30.6 Å². The third-order valence-electron chi connectivity index (χ3n) is 4.08. The maximum Gasteiger partial charge on any atom is 0.338 e. The molecule has 0 unspecified atom stereocenters. The maximum absolute atomic E-state index is 12.6. The van der Waals surface area contributed by atoms with Gasteiger partial charge in [0.25, 0.3) is 5.91 Å². The number of nitrogens with zero attached hydrogens (tertiary/aromatic N) is 4. The van der Waals surface area contributed by atoms with Crippen molar-refractivity contribution < 1.29 is 29.3 Å². The van der Waals surface area contributed by atoms with Crippen molar-refractivity contribution in [2.24, 2.45) is 0 Å². The van der Waals surface area contributed by atoms with Crippen LogP contribution in [0.25, 0.3) is 5.69 Å². The first-order valence-corrected chi connectivity index (χ1v) is 7.79. The highest BCUT2D eigenvalue weighted by molar-refractivity contribution is 6.00. The van der Waals surface area contributed by atoms with Crippen LogP contribution in [-0.4, -0.2) is 68.8 Å². The summed E-state index contributed by atoms with van der Waals surface area (Å²) in [4.78, 5) is 29.2. The number of carboxylic acids is 1. The zero-order chi connectivity index (χ0) is 18.9. The lowest BCUT2D eigenvalue weighted by Gasteiger charge is -2.36. The highest BCUT2D eigenvalue weighted by Crippen LogP contribution is 2.24. The second-order valence-electron chi connectivity index (χ2n) is 5.87. The Hall–Kier alpha value is -2.98. The Morgan fingerprint density at radius 2 is 2.23 bits per heavy atom. The normalized spacial score (nSPS) is 19.9. The number of rotatable bonds is 5. The van der Waals surface area contributed by atoms with E-state index in [1.165, 1.54) is 16.7 Å². The van der Waals surface area contributed by atoms with Crippen LogP contribution in [0.5, 0.6) is 5.88 Å². The summed E-state index contributed by atoms with van der Waals surface area (Å²) in [6.45, 7) is 1.31. The molecule has 1 aliphatic heterocycles. The van der Waals surface area contributed by atoms with Crippen molar-refractivity contribution in [3.63, 3.8) is 0 Å². The maximum atomic E-state index is 12.6. The Kier molecular flexibility index (Phi) is 4.62. The highest BCUT2D eigenvalue weighted by atomic mass is 16.5. The van der Waals surface area contributed by atoms with Crippen molar-refractivity contribution in [3.8, 4) is 11.6 Å². The molecule has 0 radical (unpaired) electrons. The number of pyridine rings is 1. The lowest BCUT2D eigenvalue weighted by atomic mass is 9.97. The fraction of sp³-hybridized carbons (Fsp3) is 0.375. The van der Waals surface area contributed by atoms with Gasteiger partial charge in [-0.05, 0) is 13.0 Å². The van der Waals surface area contributed by atoms with Crippen LogP contribution in [0.3, 0.4) is 0 Å². The molecule has 10 heteroatoms. The van der Waals surface area contributed by atoms with Crippen LogP contribution < -0.4 is 9.64 Å². The third-order valence-corrected chi connectivity index (χ3v) is 4.08. The van der Waals surface area contributed by atoms with Gasteiger partial charge < -0.3 is 19.7 Å². The van der Waals surface area contributed by atoms with E-state index in [0.717, 1.165) is 6.92 Å². The molecular formula is C16H18N4O6. The zero-order valence-corrected chi connectivity index (χ0v) is 14.2. The number of anilines is 1. The molecule has 0 bridgehead atoms. The Morgan fingerprint density at radius 1 is 1.46 bits per heavy atom. The molecule has 26 heavy (non-hydrogen) atoms. The molecule has 3 rings (SSSR count). The van der Waals surface area contributed by atoms with E-state index >= 15 is 0 Å². The Morgan fingerprint density at radius 3 is 2.92 bits per heavy atom. The summed E-state index contributed by atoms with van der Waals surface area (Å²) in [5.74, 6) is -1.46. The number of morpholine rings is 1. The minimum Gasteiger partial charge on any atom is -0.481 e. The Balaban J connectivity index is 1.86. The van der Waals surface area contributed by atoms with Crippen LogP contribution in [0.15, 0.2) is 30.6 Å². The second-order valence-corrected chi connectivity index (χ2v) is 5.87. The summed E-state index contributed by atoms with van der Waals surface area (Å²) in [5.41, 5.74) is -1.66. The fourth-order valence-electron chi connectivity index (χ4n) is 2.58. The average Bonchev–Trinajstić information content (AvgIpc) is 3.11. The van der Waals surface area contributed by atoms with Crippen molar-refractivity contribution >= 4 is 17.7 Å². The number of amides is 1. The van der Waals surface area contributed by atoms with Gasteiger partial charge >= 0.3 is 5.97 Å². The van der Waals surface area contributed by atoms with Crippen LogP contribution in [0.4, 0.5) is 5.82 Å². The summed E-state index contributed by atoms with van der Waals surface area (Å²) in [5, 5.41) is 23.6. The van der Waals surface area contributed by atoms with E-state index in [-0.39, 0.29) is 13.2 Å². The highest BCUT2D eigenvalue weighted by Gasteiger charge is 2.49. The van der Waals surface area contributed by atoms with Crippen LogP contribution in [0.2, 0.25) is 0 Å². The molecule has 1 saturated heterocycles. The molecule has 2 N–H and O–H groups in total. The van der Waals surface area contributed by atoms with Gasteiger partial charge in [-0.25, -0.2) is 14.5 Å². The first-order valence-electron chi connectivity index (χ1n) is 7.79. The minimum atomic E-state index is -2.34. The molecule has 1 amide bonds. The third kappa shape index (κ3) is 3.11. The van der Waals surface area contributed by atoms with Gasteiger partial charge in [0.2, 0.25) is 5.88 Å². The SMILES string of the molecule is COc1cc(-n2ccc(N3CCO[C@H]([C@@](C)(O)C(=O)O)C3=O)n2)ccn1. The van der Waals surface area contributed by atoms with E-state index in [1.807, 2.05) is 0 Å². The lowest BCUT2D eigenvalue weighted by Crippen LogP contribution is -2.60. The summed E-state index contributed by atoms with van der Waals surface area (Å²) in [6.07, 6.45) is 1.70. The fourth-order valence-corrected chi connectivity index (χ4v) is 2.58.